The van der Waals surface area contributed by atoms with Crippen molar-refractivity contribution in [2.24, 2.45) is 28.3 Å². The quantitative estimate of drug-likeness (QED) is 0.0929. The number of nitrogens with zero attached hydrogens (tertiary/aromatic N) is 1. The average Bonchev–Trinajstić information content (AvgIpc) is 3.31. The van der Waals surface area contributed by atoms with Gasteiger partial charge in [0, 0.05) is 6.54 Å². The Morgan fingerprint density at radius 3 is 2.21 bits per heavy atom. The summed E-state index contributed by atoms with van der Waals surface area (Å²) in [4.78, 5) is 54.1. The third kappa shape index (κ3) is 9.54. The fourth-order valence-corrected chi connectivity index (χ4v) is 3.66. The Morgan fingerprint density at radius 2 is 1.71 bits per heavy atom. The molecule has 0 aromatic rings. The summed E-state index contributed by atoms with van der Waals surface area (Å²) in [6.07, 6.45) is 2.65. The van der Waals surface area contributed by atoms with E-state index in [1.54, 1.807) is 6.92 Å². The predicted octanol–water partition coefficient (Wildman–Crippen LogP) is -0.967. The summed E-state index contributed by atoms with van der Waals surface area (Å²) in [6, 6.07) is -3.28. The third-order valence-corrected chi connectivity index (χ3v) is 5.98. The maximum absolute atomic E-state index is 13.1. The monoisotopic (exact) mass is 483 g/mol. The number of guanidine groups is 1. The Kier molecular flexibility index (Phi) is 12.3. The van der Waals surface area contributed by atoms with Gasteiger partial charge in [-0.3, -0.25) is 19.4 Å². The zero-order valence-electron chi connectivity index (χ0n) is 20.6. The number of aliphatic imine (C=N–C) groups is 1. The van der Waals surface area contributed by atoms with Crippen LogP contribution in [0.3, 0.4) is 0 Å². The molecule has 5 atom stereocenters. The van der Waals surface area contributed by atoms with E-state index in [4.69, 9.17) is 11.5 Å². The van der Waals surface area contributed by atoms with Gasteiger partial charge < -0.3 is 37.8 Å². The molecule has 9 N–H and O–H groups in total. The maximum atomic E-state index is 13.1. The van der Waals surface area contributed by atoms with Gasteiger partial charge in [0.25, 0.3) is 0 Å². The van der Waals surface area contributed by atoms with Gasteiger partial charge >= 0.3 is 5.97 Å². The fraction of sp³-hybridized carbons (Fsp3) is 0.773. The highest BCUT2D eigenvalue weighted by atomic mass is 16.4. The molecule has 12 nitrogen and oxygen atoms in total. The first-order valence-corrected chi connectivity index (χ1v) is 11.9. The molecule has 1 aliphatic heterocycles. The summed E-state index contributed by atoms with van der Waals surface area (Å²) in [5.41, 5.74) is 10.5. The van der Waals surface area contributed by atoms with Gasteiger partial charge in [0.1, 0.15) is 18.1 Å². The number of nitrogens with one attached hydrogen (secondary N) is 4. The maximum Gasteiger partial charge on any atom is 0.326 e. The van der Waals surface area contributed by atoms with Gasteiger partial charge in [-0.05, 0) is 44.1 Å². The molecule has 1 aliphatic rings. The van der Waals surface area contributed by atoms with Crippen LogP contribution in [0.4, 0.5) is 0 Å². The van der Waals surface area contributed by atoms with Crippen molar-refractivity contribution in [3.8, 4) is 0 Å². The first-order chi connectivity index (χ1) is 16.0. The van der Waals surface area contributed by atoms with Gasteiger partial charge in [0.05, 0.1) is 6.04 Å². The number of carboxylic acid groups (broad SMARTS) is 1. The largest absolute Gasteiger partial charge is 0.480 e. The summed E-state index contributed by atoms with van der Waals surface area (Å²) in [5.74, 6) is -3.09. The second kappa shape index (κ2) is 14.4. The first kappa shape index (κ1) is 29.1. The van der Waals surface area contributed by atoms with Crippen LogP contribution in [-0.2, 0) is 19.2 Å². The smallest absolute Gasteiger partial charge is 0.326 e. The summed E-state index contributed by atoms with van der Waals surface area (Å²) >= 11 is 0. The molecular formula is C22H41N7O5. The summed E-state index contributed by atoms with van der Waals surface area (Å²) < 4.78 is 0. The third-order valence-electron chi connectivity index (χ3n) is 5.98. The molecule has 0 radical (unpaired) electrons. The van der Waals surface area contributed by atoms with E-state index in [1.807, 2.05) is 20.8 Å². The Labute approximate surface area is 201 Å². The topological polar surface area (TPSA) is 201 Å². The molecule has 0 aromatic carbocycles. The van der Waals surface area contributed by atoms with Crippen molar-refractivity contribution in [2.75, 3.05) is 13.1 Å². The second-order valence-corrected chi connectivity index (χ2v) is 9.10. The van der Waals surface area contributed by atoms with Gasteiger partial charge in [-0.1, -0.05) is 34.1 Å². The molecular weight excluding hydrogens is 442 g/mol. The van der Waals surface area contributed by atoms with Crippen molar-refractivity contribution in [1.82, 2.24) is 21.3 Å². The minimum Gasteiger partial charge on any atom is -0.480 e. The van der Waals surface area contributed by atoms with Crippen LogP contribution >= 0.6 is 0 Å². The number of aliphatic carboxylic acids is 1. The van der Waals surface area contributed by atoms with Gasteiger partial charge in [0.15, 0.2) is 5.96 Å². The SMILES string of the molecule is CCC(C)C(NC(=O)C(NC(=O)C1CCCN1)C(C)C)C(=O)NC(CCCN=C(N)N)C(=O)O. The molecule has 12 heteroatoms. The standard InChI is InChI=1S/C22H41N7O5/c1-5-13(4)17(20(32)27-15(21(33)34)9-7-11-26-22(23)24)29-19(31)16(12(2)3)28-18(30)14-8-6-10-25-14/h12-17,25H,5-11H2,1-4H3,(H,27,32)(H,28,30)(H,29,31)(H,33,34)(H4,23,24,26). The van der Waals surface area contributed by atoms with Gasteiger partial charge in [0.2, 0.25) is 17.7 Å². The number of amides is 3. The number of carbonyl (C=O) groups is 4. The molecule has 0 aliphatic carbocycles. The predicted molar refractivity (Wildman–Crippen MR) is 129 cm³/mol. The summed E-state index contributed by atoms with van der Waals surface area (Å²) in [6.45, 7) is 8.27. The van der Waals surface area contributed by atoms with Crippen molar-refractivity contribution in [3.05, 3.63) is 0 Å². The number of rotatable bonds is 14. The van der Waals surface area contributed by atoms with E-state index in [-0.39, 0.29) is 42.7 Å². The molecule has 3 amide bonds. The number of hydrogen-bond donors (Lipinski definition) is 7. The number of carboxylic acids is 1. The molecule has 34 heavy (non-hydrogen) atoms. The van der Waals surface area contributed by atoms with Crippen molar-refractivity contribution >= 4 is 29.7 Å². The van der Waals surface area contributed by atoms with Crippen LogP contribution in [0.5, 0.6) is 0 Å². The molecule has 0 saturated carbocycles. The van der Waals surface area contributed by atoms with E-state index in [9.17, 15) is 24.3 Å². The molecule has 1 rings (SSSR count). The molecule has 1 fully saturated rings. The van der Waals surface area contributed by atoms with Gasteiger partial charge in [-0.2, -0.15) is 0 Å². The van der Waals surface area contributed by atoms with Gasteiger partial charge in [-0.25, -0.2) is 4.79 Å². The Hall–Kier alpha value is -2.89. The fourth-order valence-electron chi connectivity index (χ4n) is 3.66. The second-order valence-electron chi connectivity index (χ2n) is 9.10. The lowest BCUT2D eigenvalue weighted by Gasteiger charge is -2.29. The number of hydrogen-bond acceptors (Lipinski definition) is 6. The molecule has 5 unspecified atom stereocenters. The Balaban J connectivity index is 2.87. The van der Waals surface area contributed by atoms with Crippen molar-refractivity contribution < 1.29 is 24.3 Å². The molecule has 0 bridgehead atoms. The first-order valence-electron chi connectivity index (χ1n) is 11.9. The highest BCUT2D eigenvalue weighted by Crippen LogP contribution is 2.12. The van der Waals surface area contributed by atoms with Crippen LogP contribution in [0.25, 0.3) is 0 Å². The Morgan fingerprint density at radius 1 is 1.06 bits per heavy atom. The van der Waals surface area contributed by atoms with Crippen molar-refractivity contribution in [1.29, 1.82) is 0 Å². The molecule has 1 saturated heterocycles. The van der Waals surface area contributed by atoms with E-state index >= 15 is 0 Å². The Bertz CT molecular complexity index is 733. The lowest BCUT2D eigenvalue weighted by Crippen LogP contribution is -2.59. The summed E-state index contributed by atoms with van der Waals surface area (Å²) in [5, 5.41) is 20.7. The van der Waals surface area contributed by atoms with Crippen LogP contribution in [-0.4, -0.2) is 72.0 Å². The molecule has 194 valence electrons. The minimum absolute atomic E-state index is 0.0917. The zero-order valence-corrected chi connectivity index (χ0v) is 20.6. The van der Waals surface area contributed by atoms with E-state index in [0.29, 0.717) is 19.3 Å². The highest BCUT2D eigenvalue weighted by molar-refractivity contribution is 5.94. The average molecular weight is 484 g/mol. The van der Waals surface area contributed by atoms with E-state index in [1.165, 1.54) is 0 Å². The lowest BCUT2D eigenvalue weighted by atomic mass is 9.96. The van der Waals surface area contributed by atoms with Crippen LogP contribution < -0.4 is 32.7 Å². The zero-order chi connectivity index (χ0) is 25.8. The minimum atomic E-state index is -1.19. The van der Waals surface area contributed by atoms with Crippen LogP contribution in [0.1, 0.15) is 59.8 Å². The molecule has 0 spiro atoms. The van der Waals surface area contributed by atoms with Crippen molar-refractivity contribution in [3.63, 3.8) is 0 Å². The highest BCUT2D eigenvalue weighted by Gasteiger charge is 2.34. The van der Waals surface area contributed by atoms with E-state index < -0.39 is 35.9 Å². The van der Waals surface area contributed by atoms with Gasteiger partial charge in [-0.15, -0.1) is 0 Å². The van der Waals surface area contributed by atoms with Crippen LogP contribution in [0, 0.1) is 11.8 Å². The van der Waals surface area contributed by atoms with Crippen LogP contribution in [0.15, 0.2) is 4.99 Å². The van der Waals surface area contributed by atoms with E-state index in [2.05, 4.69) is 26.3 Å². The molecule has 1 heterocycles. The number of nitrogens with two attached hydrogens (primary N) is 2. The van der Waals surface area contributed by atoms with Crippen molar-refractivity contribution in [2.45, 2.75) is 84.0 Å². The van der Waals surface area contributed by atoms with Crippen LogP contribution in [0.2, 0.25) is 0 Å². The molecule has 0 aromatic heterocycles. The van der Waals surface area contributed by atoms with E-state index in [0.717, 1.165) is 13.0 Å². The summed E-state index contributed by atoms with van der Waals surface area (Å²) in [7, 11) is 0. The lowest BCUT2D eigenvalue weighted by molar-refractivity contribution is -0.143. The normalized spacial score (nSPS) is 18.9. The number of carbonyl (C=O) groups excluding carboxylic acids is 3.